The van der Waals surface area contributed by atoms with Crippen molar-refractivity contribution >= 4 is 44.4 Å². The lowest BCUT2D eigenvalue weighted by Gasteiger charge is -2.13. The first-order valence-corrected chi connectivity index (χ1v) is 11.9. The highest BCUT2D eigenvalue weighted by Gasteiger charge is 2.19. The first-order valence-electron chi connectivity index (χ1n) is 9.58. The van der Waals surface area contributed by atoms with Crippen molar-refractivity contribution in [1.29, 1.82) is 0 Å². The molecule has 2 aromatic carbocycles. The summed E-state index contributed by atoms with van der Waals surface area (Å²) < 4.78 is 33.2. The van der Waals surface area contributed by atoms with Gasteiger partial charge in [0.1, 0.15) is 11.5 Å². The second-order valence-electron chi connectivity index (χ2n) is 6.87. The summed E-state index contributed by atoms with van der Waals surface area (Å²) in [6.45, 7) is 1.89. The van der Waals surface area contributed by atoms with Crippen LogP contribution in [0.1, 0.15) is 27.4 Å². The maximum absolute atomic E-state index is 12.8. The van der Waals surface area contributed by atoms with Crippen molar-refractivity contribution in [2.75, 3.05) is 17.1 Å². The highest BCUT2D eigenvalue weighted by atomic mass is 32.2. The average Bonchev–Trinajstić information content (AvgIpc) is 3.20. The zero-order valence-corrected chi connectivity index (χ0v) is 19.0. The van der Waals surface area contributed by atoms with Gasteiger partial charge in [0.15, 0.2) is 5.78 Å². The molecule has 8 nitrogen and oxygen atoms in total. The van der Waals surface area contributed by atoms with E-state index in [1.54, 1.807) is 30.3 Å². The van der Waals surface area contributed by atoms with Gasteiger partial charge in [-0.2, -0.15) is 0 Å². The Morgan fingerprint density at radius 1 is 1.03 bits per heavy atom. The molecule has 3 N–H and O–H groups in total. The molecule has 3 rings (SSSR count). The van der Waals surface area contributed by atoms with Crippen molar-refractivity contribution in [3.05, 3.63) is 64.4 Å². The van der Waals surface area contributed by atoms with Crippen LogP contribution in [0.5, 0.6) is 11.5 Å². The quantitative estimate of drug-likeness (QED) is 0.316. The number of carbonyl (C=O) groups excluding carboxylic acids is 2. The third-order valence-electron chi connectivity index (χ3n) is 4.50. The van der Waals surface area contributed by atoms with Crippen molar-refractivity contribution in [1.82, 2.24) is 0 Å². The molecule has 1 aromatic heterocycles. The van der Waals surface area contributed by atoms with Gasteiger partial charge in [0.2, 0.25) is 5.91 Å². The van der Waals surface area contributed by atoms with Gasteiger partial charge in [-0.3, -0.25) is 14.3 Å². The second kappa shape index (κ2) is 9.84. The Bertz CT molecular complexity index is 1250. The van der Waals surface area contributed by atoms with Gasteiger partial charge in [0.25, 0.3) is 10.0 Å². The Morgan fingerprint density at radius 3 is 2.47 bits per heavy atom. The van der Waals surface area contributed by atoms with E-state index in [0.717, 1.165) is 10.9 Å². The minimum Gasteiger partial charge on any atom is -0.506 e. The number of phenols is 1. The zero-order valence-electron chi connectivity index (χ0n) is 17.4. The fourth-order valence-corrected chi connectivity index (χ4v) is 4.79. The number of hydrogen-bond acceptors (Lipinski definition) is 7. The van der Waals surface area contributed by atoms with Crippen LogP contribution in [-0.2, 0) is 14.8 Å². The lowest BCUT2D eigenvalue weighted by atomic mass is 10.2. The Balaban J connectivity index is 1.70. The molecular formula is C22H22N2O6S2. The molecule has 0 atom stereocenters. The molecule has 0 aliphatic rings. The number of benzene rings is 2. The molecule has 3 aromatic rings. The van der Waals surface area contributed by atoms with Crippen molar-refractivity contribution in [2.24, 2.45) is 0 Å². The monoisotopic (exact) mass is 474 g/mol. The summed E-state index contributed by atoms with van der Waals surface area (Å²) in [6.07, 6.45) is -0.106. The predicted molar refractivity (Wildman–Crippen MR) is 123 cm³/mol. The molecule has 0 aliphatic heterocycles. The Morgan fingerprint density at radius 2 is 1.78 bits per heavy atom. The summed E-state index contributed by atoms with van der Waals surface area (Å²) in [5.74, 6) is -0.627. The minimum absolute atomic E-state index is 0.000104. The number of carbonyl (C=O) groups is 2. The topological polar surface area (TPSA) is 122 Å². The van der Waals surface area contributed by atoms with E-state index in [2.05, 4.69) is 10.0 Å². The number of hydrogen-bond donors (Lipinski definition) is 3. The smallest absolute Gasteiger partial charge is 0.262 e. The molecule has 0 fully saturated rings. The molecule has 0 unspecified atom stereocenters. The summed E-state index contributed by atoms with van der Waals surface area (Å²) in [4.78, 5) is 25.9. The highest BCUT2D eigenvalue weighted by molar-refractivity contribution is 7.92. The Hall–Kier alpha value is -3.37. The van der Waals surface area contributed by atoms with Crippen LogP contribution in [-0.4, -0.2) is 32.3 Å². The van der Waals surface area contributed by atoms with Crippen LogP contribution in [0.4, 0.5) is 11.4 Å². The van der Waals surface area contributed by atoms with Gasteiger partial charge in [-0.15, -0.1) is 11.3 Å². The van der Waals surface area contributed by atoms with E-state index in [-0.39, 0.29) is 40.6 Å². The number of thiophene rings is 1. The largest absolute Gasteiger partial charge is 0.506 e. The number of methoxy groups -OCH3 is 1. The lowest BCUT2D eigenvalue weighted by Crippen LogP contribution is -2.16. The Labute approximate surface area is 189 Å². The van der Waals surface area contributed by atoms with Crippen LogP contribution in [0.15, 0.2) is 59.5 Å². The fourth-order valence-electron chi connectivity index (χ4n) is 2.86. The number of aryl methyl sites for hydroxylation is 1. The lowest BCUT2D eigenvalue weighted by molar-refractivity contribution is -0.116. The van der Waals surface area contributed by atoms with E-state index in [1.165, 1.54) is 30.6 Å². The van der Waals surface area contributed by atoms with Crippen LogP contribution in [0.3, 0.4) is 0 Å². The van der Waals surface area contributed by atoms with E-state index in [0.29, 0.717) is 10.6 Å². The third-order valence-corrected chi connectivity index (χ3v) is 6.90. The third kappa shape index (κ3) is 5.65. The van der Waals surface area contributed by atoms with E-state index in [1.807, 2.05) is 13.0 Å². The molecule has 1 amide bonds. The van der Waals surface area contributed by atoms with Gasteiger partial charge >= 0.3 is 0 Å². The van der Waals surface area contributed by atoms with Gasteiger partial charge < -0.3 is 15.2 Å². The molecule has 0 aliphatic carbocycles. The van der Waals surface area contributed by atoms with Crippen LogP contribution < -0.4 is 14.8 Å². The first-order chi connectivity index (χ1) is 15.2. The van der Waals surface area contributed by atoms with Gasteiger partial charge in [-0.25, -0.2) is 8.42 Å². The summed E-state index contributed by atoms with van der Waals surface area (Å²) in [6, 6.07) is 13.6. The number of amides is 1. The zero-order chi connectivity index (χ0) is 23.3. The summed E-state index contributed by atoms with van der Waals surface area (Å²) in [5, 5.41) is 12.5. The van der Waals surface area contributed by atoms with E-state index >= 15 is 0 Å². The number of aromatic hydroxyl groups is 1. The molecule has 0 spiro atoms. The van der Waals surface area contributed by atoms with Crippen LogP contribution in [0.2, 0.25) is 0 Å². The van der Waals surface area contributed by atoms with E-state index in [9.17, 15) is 23.1 Å². The maximum atomic E-state index is 12.8. The van der Waals surface area contributed by atoms with Gasteiger partial charge in [0, 0.05) is 17.7 Å². The molecule has 0 radical (unpaired) electrons. The number of nitrogens with one attached hydrogen (secondary N) is 2. The molecule has 10 heteroatoms. The van der Waals surface area contributed by atoms with E-state index in [4.69, 9.17) is 4.74 Å². The van der Waals surface area contributed by atoms with Gasteiger partial charge in [0.05, 0.1) is 28.3 Å². The van der Waals surface area contributed by atoms with Gasteiger partial charge in [-0.05, 0) is 49.4 Å². The van der Waals surface area contributed by atoms with E-state index < -0.39 is 15.9 Å². The highest BCUT2D eigenvalue weighted by Crippen LogP contribution is 2.30. The number of ether oxygens (including phenoxy) is 1. The van der Waals surface area contributed by atoms with Crippen LogP contribution in [0.25, 0.3) is 0 Å². The minimum atomic E-state index is -4.03. The molecule has 0 bridgehead atoms. The van der Waals surface area contributed by atoms with Crippen molar-refractivity contribution in [3.8, 4) is 11.5 Å². The molecular weight excluding hydrogens is 452 g/mol. The molecule has 32 heavy (non-hydrogen) atoms. The number of rotatable bonds is 9. The number of ketones is 1. The molecule has 1 heterocycles. The van der Waals surface area contributed by atoms with Crippen molar-refractivity contribution in [2.45, 2.75) is 24.7 Å². The fraction of sp³-hybridized carbons (Fsp3) is 0.182. The molecule has 0 saturated heterocycles. The molecule has 168 valence electrons. The number of anilines is 2. The average molecular weight is 475 g/mol. The summed E-state index contributed by atoms with van der Waals surface area (Å²) in [7, 11) is -2.60. The predicted octanol–water partition coefficient (Wildman–Crippen LogP) is 4.17. The normalized spacial score (nSPS) is 11.1. The second-order valence-corrected chi connectivity index (χ2v) is 9.84. The number of para-hydroxylation sites is 2. The Kier molecular flexibility index (Phi) is 7.16. The standard InChI is InChI=1S/C22H22N2O6S2/c1-14-7-11-21(31-14)19(26)10-12-22(27)23-17-13-15(8-9-18(17)25)32(28,29)24-16-5-3-4-6-20(16)30-2/h3-9,11,13,24-25H,10,12H2,1-2H3,(H,23,27). The first kappa shape index (κ1) is 23.3. The summed E-state index contributed by atoms with van der Waals surface area (Å²) in [5.41, 5.74) is 0.174. The SMILES string of the molecule is COc1ccccc1NS(=O)(=O)c1ccc(O)c(NC(=O)CCC(=O)c2ccc(C)s2)c1. The number of sulfonamides is 1. The number of Topliss-reactive ketones (excluding diaryl/α,β-unsaturated/α-hetero) is 1. The van der Waals surface area contributed by atoms with Crippen molar-refractivity contribution in [3.63, 3.8) is 0 Å². The van der Waals surface area contributed by atoms with Crippen LogP contribution in [0, 0.1) is 6.92 Å². The van der Waals surface area contributed by atoms with Gasteiger partial charge in [-0.1, -0.05) is 12.1 Å². The summed E-state index contributed by atoms with van der Waals surface area (Å²) >= 11 is 1.36. The van der Waals surface area contributed by atoms with Crippen molar-refractivity contribution < 1.29 is 27.9 Å². The maximum Gasteiger partial charge on any atom is 0.262 e. The number of phenolic OH excluding ortho intramolecular Hbond substituents is 1. The van der Waals surface area contributed by atoms with Crippen LogP contribution >= 0.6 is 11.3 Å². The molecule has 0 saturated carbocycles.